The minimum absolute atomic E-state index is 0.657. The van der Waals surface area contributed by atoms with Gasteiger partial charge in [-0.2, -0.15) is 0 Å². The van der Waals surface area contributed by atoms with Crippen molar-refractivity contribution in [3.8, 4) is 0 Å². The van der Waals surface area contributed by atoms with Crippen molar-refractivity contribution >= 4 is 6.29 Å². The Bertz CT molecular complexity index is 137. The molecule has 1 aliphatic heterocycles. The van der Waals surface area contributed by atoms with Crippen LogP contribution in [-0.4, -0.2) is 31.3 Å². The van der Waals surface area contributed by atoms with Gasteiger partial charge in [-0.25, -0.2) is 0 Å². The Kier molecular flexibility index (Phi) is 9.00. The highest BCUT2D eigenvalue weighted by Crippen LogP contribution is 2.02. The van der Waals surface area contributed by atoms with Gasteiger partial charge in [0, 0.05) is 6.42 Å². The summed E-state index contributed by atoms with van der Waals surface area (Å²) >= 11 is 0. The average molecular weight is 183 g/mol. The second-order valence-electron chi connectivity index (χ2n) is 3.32. The number of nitrogens with zero attached hydrogens (tertiary/aromatic N) is 1. The standard InChI is InChI=1S/C6H10O.C5H11N/c1-2-3-4-5-6-7;1-6-4-2-3-5-6/h2-3,6H,4-5H2,1H3;2-5H2,1H3/b3-2-;. The van der Waals surface area contributed by atoms with Crippen LogP contribution in [0.5, 0.6) is 0 Å². The second kappa shape index (κ2) is 9.46. The molecule has 1 rings (SSSR count). The molecule has 1 fully saturated rings. The van der Waals surface area contributed by atoms with Crippen LogP contribution in [0.1, 0.15) is 32.6 Å². The van der Waals surface area contributed by atoms with Crippen LogP contribution in [0.15, 0.2) is 12.2 Å². The molecule has 2 heteroatoms. The maximum absolute atomic E-state index is 9.65. The zero-order chi connectivity index (χ0) is 9.94. The lowest BCUT2D eigenvalue weighted by molar-refractivity contribution is -0.107. The van der Waals surface area contributed by atoms with Crippen LogP contribution in [0, 0.1) is 0 Å². The van der Waals surface area contributed by atoms with Gasteiger partial charge < -0.3 is 9.69 Å². The van der Waals surface area contributed by atoms with Crippen LogP contribution in [0.25, 0.3) is 0 Å². The van der Waals surface area contributed by atoms with E-state index in [9.17, 15) is 4.79 Å². The quantitative estimate of drug-likeness (QED) is 0.380. The number of rotatable bonds is 3. The van der Waals surface area contributed by atoms with E-state index in [2.05, 4.69) is 11.9 Å². The van der Waals surface area contributed by atoms with E-state index in [1.54, 1.807) is 0 Å². The van der Waals surface area contributed by atoms with Crippen LogP contribution in [0.4, 0.5) is 0 Å². The van der Waals surface area contributed by atoms with E-state index in [-0.39, 0.29) is 0 Å². The number of aldehydes is 1. The molecule has 0 aromatic heterocycles. The van der Waals surface area contributed by atoms with Crippen LogP contribution in [0.2, 0.25) is 0 Å². The van der Waals surface area contributed by atoms with Crippen LogP contribution < -0.4 is 0 Å². The second-order valence-corrected chi connectivity index (χ2v) is 3.32. The number of carbonyl (C=O) groups is 1. The predicted molar refractivity (Wildman–Crippen MR) is 56.8 cm³/mol. The van der Waals surface area contributed by atoms with Gasteiger partial charge in [0.15, 0.2) is 0 Å². The van der Waals surface area contributed by atoms with Gasteiger partial charge >= 0.3 is 0 Å². The minimum atomic E-state index is 0.657. The van der Waals surface area contributed by atoms with E-state index in [1.807, 2.05) is 19.1 Å². The summed E-state index contributed by atoms with van der Waals surface area (Å²) in [5.74, 6) is 0. The number of likely N-dealkylation sites (tertiary alicyclic amines) is 1. The van der Waals surface area contributed by atoms with Crippen LogP contribution in [0.3, 0.4) is 0 Å². The zero-order valence-corrected chi connectivity index (χ0v) is 8.83. The predicted octanol–water partition coefficient (Wildman–Crippen LogP) is 2.25. The van der Waals surface area contributed by atoms with E-state index in [0.717, 1.165) is 12.7 Å². The molecule has 1 heterocycles. The molecular formula is C11H21NO. The van der Waals surface area contributed by atoms with Crippen LogP contribution in [-0.2, 0) is 4.79 Å². The molecule has 0 atom stereocenters. The lowest BCUT2D eigenvalue weighted by atomic mass is 10.3. The molecule has 0 aliphatic carbocycles. The molecule has 1 aliphatic rings. The lowest BCUT2D eigenvalue weighted by Crippen LogP contribution is -2.10. The summed E-state index contributed by atoms with van der Waals surface area (Å²) in [6, 6.07) is 0. The molecule has 0 spiro atoms. The Hall–Kier alpha value is -0.630. The van der Waals surface area contributed by atoms with E-state index in [4.69, 9.17) is 0 Å². The molecular weight excluding hydrogens is 162 g/mol. The number of allylic oxidation sites excluding steroid dienone is 2. The summed E-state index contributed by atoms with van der Waals surface area (Å²) in [7, 11) is 2.17. The maximum Gasteiger partial charge on any atom is 0.120 e. The van der Waals surface area contributed by atoms with E-state index in [1.165, 1.54) is 25.9 Å². The summed E-state index contributed by atoms with van der Waals surface area (Å²) in [6.45, 7) is 4.59. The number of hydrogen-bond acceptors (Lipinski definition) is 2. The highest BCUT2D eigenvalue weighted by Gasteiger charge is 2.03. The van der Waals surface area contributed by atoms with Gasteiger partial charge in [0.1, 0.15) is 6.29 Å². The molecule has 0 aromatic carbocycles. The monoisotopic (exact) mass is 183 g/mol. The number of hydrogen-bond donors (Lipinski definition) is 0. The van der Waals surface area contributed by atoms with Gasteiger partial charge in [-0.15, -0.1) is 0 Å². The third-order valence-electron chi connectivity index (χ3n) is 2.02. The number of unbranched alkanes of at least 4 members (excludes halogenated alkanes) is 1. The first-order valence-electron chi connectivity index (χ1n) is 5.04. The van der Waals surface area contributed by atoms with Gasteiger partial charge in [-0.05, 0) is 46.3 Å². The Morgan fingerprint density at radius 1 is 1.23 bits per heavy atom. The minimum Gasteiger partial charge on any atom is -0.306 e. The summed E-state index contributed by atoms with van der Waals surface area (Å²) in [5.41, 5.74) is 0. The SMILES string of the molecule is C/C=C\CCC=O.CN1CCCC1. The lowest BCUT2D eigenvalue weighted by Gasteiger charge is -2.01. The fourth-order valence-corrected chi connectivity index (χ4v) is 1.21. The average Bonchev–Trinajstić information content (AvgIpc) is 2.58. The highest BCUT2D eigenvalue weighted by molar-refractivity contribution is 5.49. The van der Waals surface area contributed by atoms with Gasteiger partial charge in [0.2, 0.25) is 0 Å². The molecule has 0 amide bonds. The van der Waals surface area contributed by atoms with Gasteiger partial charge in [-0.3, -0.25) is 0 Å². The van der Waals surface area contributed by atoms with E-state index < -0.39 is 0 Å². The van der Waals surface area contributed by atoms with Crippen molar-refractivity contribution in [1.29, 1.82) is 0 Å². The summed E-state index contributed by atoms with van der Waals surface area (Å²) in [4.78, 5) is 12.0. The Morgan fingerprint density at radius 2 is 1.85 bits per heavy atom. The zero-order valence-electron chi connectivity index (χ0n) is 8.83. The topological polar surface area (TPSA) is 20.3 Å². The smallest absolute Gasteiger partial charge is 0.120 e. The molecule has 0 aromatic rings. The van der Waals surface area contributed by atoms with Gasteiger partial charge in [0.25, 0.3) is 0 Å². The number of carbonyl (C=O) groups excluding carboxylic acids is 1. The highest BCUT2D eigenvalue weighted by atomic mass is 16.1. The third-order valence-corrected chi connectivity index (χ3v) is 2.02. The molecule has 0 radical (unpaired) electrons. The molecule has 0 N–H and O–H groups in total. The van der Waals surface area contributed by atoms with Crippen molar-refractivity contribution < 1.29 is 4.79 Å². The molecule has 0 bridgehead atoms. The fraction of sp³-hybridized carbons (Fsp3) is 0.727. The van der Waals surface area contributed by atoms with E-state index >= 15 is 0 Å². The molecule has 13 heavy (non-hydrogen) atoms. The van der Waals surface area contributed by atoms with Crippen molar-refractivity contribution in [2.24, 2.45) is 0 Å². The third kappa shape index (κ3) is 9.28. The van der Waals surface area contributed by atoms with Crippen molar-refractivity contribution in [2.45, 2.75) is 32.6 Å². The summed E-state index contributed by atoms with van der Waals surface area (Å²) in [6.07, 6.45) is 9.23. The van der Waals surface area contributed by atoms with Crippen molar-refractivity contribution in [2.75, 3.05) is 20.1 Å². The maximum atomic E-state index is 9.65. The van der Waals surface area contributed by atoms with Gasteiger partial charge in [0.05, 0.1) is 0 Å². The Labute approximate surface area is 81.6 Å². The molecule has 76 valence electrons. The van der Waals surface area contributed by atoms with Crippen molar-refractivity contribution in [3.05, 3.63) is 12.2 Å². The Morgan fingerprint density at radius 3 is 2.15 bits per heavy atom. The van der Waals surface area contributed by atoms with Crippen molar-refractivity contribution in [1.82, 2.24) is 4.90 Å². The van der Waals surface area contributed by atoms with Crippen LogP contribution >= 0.6 is 0 Å². The molecule has 0 unspecified atom stereocenters. The summed E-state index contributed by atoms with van der Waals surface area (Å²) in [5, 5.41) is 0. The largest absolute Gasteiger partial charge is 0.306 e. The Balaban J connectivity index is 0.000000223. The normalized spacial score (nSPS) is 17.1. The van der Waals surface area contributed by atoms with Crippen molar-refractivity contribution in [3.63, 3.8) is 0 Å². The summed E-state index contributed by atoms with van der Waals surface area (Å²) < 4.78 is 0. The molecule has 2 nitrogen and oxygen atoms in total. The van der Waals surface area contributed by atoms with Gasteiger partial charge in [-0.1, -0.05) is 12.2 Å². The first-order chi connectivity index (χ1) is 6.31. The van der Waals surface area contributed by atoms with E-state index in [0.29, 0.717) is 6.42 Å². The fourth-order valence-electron chi connectivity index (χ4n) is 1.21. The first kappa shape index (κ1) is 12.4. The molecule has 1 saturated heterocycles. The first-order valence-corrected chi connectivity index (χ1v) is 5.04. The molecule has 0 saturated carbocycles.